The van der Waals surface area contributed by atoms with Crippen LogP contribution < -0.4 is 10.2 Å². The Kier molecular flexibility index (Phi) is 3.74. The molecule has 0 bridgehead atoms. The molecule has 2 aromatic heterocycles. The van der Waals surface area contributed by atoms with Crippen molar-refractivity contribution in [3.05, 3.63) is 54.1 Å². The van der Waals surface area contributed by atoms with Gasteiger partial charge >= 0.3 is 0 Å². The Morgan fingerprint density at radius 3 is 2.68 bits per heavy atom. The third-order valence-electron chi connectivity index (χ3n) is 4.00. The number of methoxy groups -OCH3 is 1. The Morgan fingerprint density at radius 2 is 1.88 bits per heavy atom. The molecule has 0 aliphatic heterocycles. The Morgan fingerprint density at radius 1 is 1.08 bits per heavy atom. The molecule has 0 atom stereocenters. The molecule has 7 nitrogen and oxygen atoms in total. The molecule has 0 unspecified atom stereocenters. The van der Waals surface area contributed by atoms with Gasteiger partial charge in [-0.05, 0) is 35.9 Å². The topological polar surface area (TPSA) is 77.2 Å². The maximum Gasteiger partial charge on any atom is 0.265 e. The predicted octanol–water partition coefficient (Wildman–Crippen LogP) is 2.97. The molecular formula is C18H16N6O. The normalized spacial score (nSPS) is 11.4. The van der Waals surface area contributed by atoms with Crippen molar-refractivity contribution in [2.75, 3.05) is 12.5 Å². The minimum absolute atomic E-state index is 0.350. The van der Waals surface area contributed by atoms with Gasteiger partial charge in [-0.2, -0.15) is 10.1 Å². The highest BCUT2D eigenvalue weighted by Crippen LogP contribution is 2.24. The lowest BCUT2D eigenvalue weighted by Gasteiger charge is -2.00. The van der Waals surface area contributed by atoms with Crippen LogP contribution in [-0.2, 0) is 7.05 Å². The van der Waals surface area contributed by atoms with Crippen molar-refractivity contribution in [1.82, 2.24) is 19.7 Å². The Bertz CT molecular complexity index is 1070. The van der Waals surface area contributed by atoms with E-state index in [9.17, 15) is 0 Å². The highest BCUT2D eigenvalue weighted by atomic mass is 16.5. The Labute approximate surface area is 144 Å². The molecule has 0 fully saturated rings. The molecular weight excluding hydrogens is 316 g/mol. The van der Waals surface area contributed by atoms with Crippen molar-refractivity contribution in [2.45, 2.75) is 0 Å². The lowest BCUT2D eigenvalue weighted by molar-refractivity contribution is 0.415. The van der Waals surface area contributed by atoms with Crippen molar-refractivity contribution in [3.63, 3.8) is 0 Å². The van der Waals surface area contributed by atoms with Crippen molar-refractivity contribution in [1.29, 1.82) is 0 Å². The molecule has 1 N–H and O–H groups in total. The van der Waals surface area contributed by atoms with Gasteiger partial charge in [0.1, 0.15) is 11.3 Å². The number of aryl methyl sites for hydroxylation is 1. The lowest BCUT2D eigenvalue weighted by atomic mass is 10.2. The summed E-state index contributed by atoms with van der Waals surface area (Å²) in [5, 5.41) is 13.6. The van der Waals surface area contributed by atoms with E-state index in [1.165, 1.54) is 0 Å². The predicted molar refractivity (Wildman–Crippen MR) is 98.0 cm³/mol. The summed E-state index contributed by atoms with van der Waals surface area (Å²) in [6.45, 7) is 0. The van der Waals surface area contributed by atoms with Crippen LogP contribution >= 0.6 is 0 Å². The van der Waals surface area contributed by atoms with Gasteiger partial charge in [-0.15, -0.1) is 10.2 Å². The van der Waals surface area contributed by atoms with Crippen LogP contribution in [-0.4, -0.2) is 33.1 Å². The first-order valence-electron chi connectivity index (χ1n) is 7.77. The van der Waals surface area contributed by atoms with Gasteiger partial charge in [0.25, 0.3) is 5.95 Å². The average molecular weight is 332 g/mol. The van der Waals surface area contributed by atoms with E-state index in [-0.39, 0.29) is 0 Å². The summed E-state index contributed by atoms with van der Waals surface area (Å²) in [6, 6.07) is 15.6. The number of para-hydroxylation sites is 1. The number of nitrogens with zero attached hydrogens (tertiary/aromatic N) is 5. The monoisotopic (exact) mass is 332 g/mol. The first kappa shape index (κ1) is 15.1. The van der Waals surface area contributed by atoms with E-state index < -0.39 is 0 Å². The smallest absolute Gasteiger partial charge is 0.265 e. The van der Waals surface area contributed by atoms with E-state index in [2.05, 4.69) is 25.7 Å². The zero-order valence-electron chi connectivity index (χ0n) is 13.8. The number of fused-ring (bicyclic) bond motifs is 3. The largest absolute Gasteiger partial charge is 0.497 e. The summed E-state index contributed by atoms with van der Waals surface area (Å²) in [5.41, 5.74) is 6.37. The molecule has 4 rings (SSSR count). The summed E-state index contributed by atoms with van der Waals surface area (Å²) in [6.07, 6.45) is 1.69. The van der Waals surface area contributed by atoms with Gasteiger partial charge in [0.15, 0.2) is 5.65 Å². The number of rotatable bonds is 4. The summed E-state index contributed by atoms with van der Waals surface area (Å²) < 4.78 is 7.13. The standard InChI is InChI=1S/C18H16N6O/c1-24-15-6-4-3-5-14(15)16-17(24)20-18(23-21-16)22-19-11-12-7-9-13(25-2)10-8-12/h3-11H,1-2H3,(H,20,22,23)/b19-11+. The number of benzene rings is 2. The lowest BCUT2D eigenvalue weighted by Crippen LogP contribution is -2.00. The van der Waals surface area contributed by atoms with Crippen LogP contribution in [0.5, 0.6) is 5.75 Å². The van der Waals surface area contributed by atoms with Crippen molar-refractivity contribution in [2.24, 2.45) is 12.1 Å². The summed E-state index contributed by atoms with van der Waals surface area (Å²) in [4.78, 5) is 4.52. The second-order valence-corrected chi connectivity index (χ2v) is 5.53. The van der Waals surface area contributed by atoms with Crippen LogP contribution in [0.2, 0.25) is 0 Å². The van der Waals surface area contributed by atoms with Crippen molar-refractivity contribution >= 4 is 34.2 Å². The molecule has 2 heterocycles. The van der Waals surface area contributed by atoms with Gasteiger partial charge in [-0.25, -0.2) is 5.43 Å². The number of anilines is 1. The Hall–Kier alpha value is -3.48. The number of ether oxygens (including phenoxy) is 1. The van der Waals surface area contributed by atoms with Crippen LogP contribution in [0.15, 0.2) is 53.6 Å². The highest BCUT2D eigenvalue weighted by molar-refractivity contribution is 6.04. The fourth-order valence-corrected chi connectivity index (χ4v) is 2.71. The number of hydrazone groups is 1. The molecule has 0 amide bonds. The minimum atomic E-state index is 0.350. The second kappa shape index (κ2) is 6.20. The fraction of sp³-hybridized carbons (Fsp3) is 0.111. The van der Waals surface area contributed by atoms with Gasteiger partial charge in [-0.1, -0.05) is 18.2 Å². The summed E-state index contributed by atoms with van der Waals surface area (Å²) in [7, 11) is 3.60. The van der Waals surface area contributed by atoms with E-state index in [1.807, 2.05) is 60.1 Å². The molecule has 7 heteroatoms. The van der Waals surface area contributed by atoms with Gasteiger partial charge in [0.2, 0.25) is 0 Å². The molecule has 4 aromatic rings. The van der Waals surface area contributed by atoms with E-state index in [0.717, 1.165) is 33.4 Å². The minimum Gasteiger partial charge on any atom is -0.497 e. The fourth-order valence-electron chi connectivity index (χ4n) is 2.71. The van der Waals surface area contributed by atoms with Crippen LogP contribution in [0.1, 0.15) is 5.56 Å². The summed E-state index contributed by atoms with van der Waals surface area (Å²) >= 11 is 0. The quantitative estimate of drug-likeness (QED) is 0.459. The van der Waals surface area contributed by atoms with E-state index in [4.69, 9.17) is 4.74 Å². The molecule has 124 valence electrons. The van der Waals surface area contributed by atoms with Gasteiger partial charge in [-0.3, -0.25) is 0 Å². The first-order chi connectivity index (χ1) is 12.3. The number of hydrogen-bond donors (Lipinski definition) is 1. The van der Waals surface area contributed by atoms with E-state index >= 15 is 0 Å². The maximum absolute atomic E-state index is 5.13. The molecule has 0 spiro atoms. The van der Waals surface area contributed by atoms with E-state index in [1.54, 1.807) is 13.3 Å². The van der Waals surface area contributed by atoms with Crippen molar-refractivity contribution < 1.29 is 4.74 Å². The zero-order chi connectivity index (χ0) is 17.2. The molecule has 0 radical (unpaired) electrons. The molecule has 0 saturated heterocycles. The summed E-state index contributed by atoms with van der Waals surface area (Å²) in [5.74, 6) is 1.15. The second-order valence-electron chi connectivity index (χ2n) is 5.53. The number of hydrogen-bond acceptors (Lipinski definition) is 6. The Balaban J connectivity index is 1.60. The maximum atomic E-state index is 5.13. The van der Waals surface area contributed by atoms with Crippen molar-refractivity contribution in [3.8, 4) is 5.75 Å². The zero-order valence-corrected chi connectivity index (χ0v) is 13.8. The number of aromatic nitrogens is 4. The van der Waals surface area contributed by atoms with Gasteiger partial charge in [0.05, 0.1) is 18.8 Å². The van der Waals surface area contributed by atoms with Gasteiger partial charge in [0, 0.05) is 12.4 Å². The molecule has 2 aromatic carbocycles. The molecule has 0 saturated carbocycles. The first-order valence-corrected chi connectivity index (χ1v) is 7.77. The van der Waals surface area contributed by atoms with Crippen LogP contribution in [0.4, 0.5) is 5.95 Å². The molecule has 0 aliphatic carbocycles. The third-order valence-corrected chi connectivity index (χ3v) is 4.00. The van der Waals surface area contributed by atoms with Crippen LogP contribution in [0, 0.1) is 0 Å². The van der Waals surface area contributed by atoms with Crippen LogP contribution in [0.25, 0.3) is 22.1 Å². The van der Waals surface area contributed by atoms with Crippen LogP contribution in [0.3, 0.4) is 0 Å². The van der Waals surface area contributed by atoms with Gasteiger partial charge < -0.3 is 9.30 Å². The number of nitrogens with one attached hydrogen (secondary N) is 1. The SMILES string of the molecule is COc1ccc(/C=N/Nc2nnc3c4ccccc4n(C)c3n2)cc1. The highest BCUT2D eigenvalue weighted by Gasteiger charge is 2.11. The molecule has 0 aliphatic rings. The van der Waals surface area contributed by atoms with E-state index in [0.29, 0.717) is 5.95 Å². The molecule has 25 heavy (non-hydrogen) atoms. The third kappa shape index (κ3) is 2.76. The average Bonchev–Trinajstić information content (AvgIpc) is 2.95.